The summed E-state index contributed by atoms with van der Waals surface area (Å²) < 4.78 is 27.8. The van der Waals surface area contributed by atoms with Crippen LogP contribution in [-0.4, -0.2) is 42.3 Å². The van der Waals surface area contributed by atoms with E-state index in [-0.39, 0.29) is 23.6 Å². The van der Waals surface area contributed by atoms with Gasteiger partial charge >= 0.3 is 5.97 Å². The van der Waals surface area contributed by atoms with Crippen LogP contribution in [0.25, 0.3) is 22.6 Å². The van der Waals surface area contributed by atoms with Crippen molar-refractivity contribution < 1.29 is 18.7 Å². The van der Waals surface area contributed by atoms with Crippen LogP contribution in [0.3, 0.4) is 0 Å². The third-order valence-electron chi connectivity index (χ3n) is 5.62. The molecule has 3 N–H and O–H groups in total. The van der Waals surface area contributed by atoms with E-state index in [4.69, 9.17) is 0 Å². The number of H-pyrrole nitrogens is 1. The summed E-state index contributed by atoms with van der Waals surface area (Å²) in [6, 6.07) is 1.08. The maximum absolute atomic E-state index is 14.3. The van der Waals surface area contributed by atoms with Gasteiger partial charge in [0, 0.05) is 6.04 Å². The van der Waals surface area contributed by atoms with Gasteiger partial charge in [-0.25, -0.2) is 23.7 Å². The zero-order valence-corrected chi connectivity index (χ0v) is 14.6. The van der Waals surface area contributed by atoms with Crippen LogP contribution < -0.4 is 5.32 Å². The van der Waals surface area contributed by atoms with Crippen LogP contribution in [0.2, 0.25) is 0 Å². The fraction of sp³-hybridized carbons (Fsp3) is 0.389. The molecule has 0 spiro atoms. The van der Waals surface area contributed by atoms with Crippen LogP contribution in [0, 0.1) is 29.4 Å². The summed E-state index contributed by atoms with van der Waals surface area (Å²) in [6.07, 6.45) is 4.21. The smallest absolute Gasteiger partial charge is 0.306 e. The fourth-order valence-corrected chi connectivity index (χ4v) is 4.21. The molecule has 144 valence electrons. The summed E-state index contributed by atoms with van der Waals surface area (Å²) in [5, 5.41) is 19.5. The van der Waals surface area contributed by atoms with Gasteiger partial charge in [-0.2, -0.15) is 5.10 Å². The first-order chi connectivity index (χ1) is 13.5. The third-order valence-corrected chi connectivity index (χ3v) is 5.62. The average molecular weight is 386 g/mol. The molecule has 0 saturated heterocycles. The van der Waals surface area contributed by atoms with Crippen molar-refractivity contribution in [2.45, 2.75) is 25.3 Å². The monoisotopic (exact) mass is 386 g/mol. The highest BCUT2D eigenvalue weighted by atomic mass is 19.1. The first-order valence-corrected chi connectivity index (χ1v) is 9.01. The lowest BCUT2D eigenvalue weighted by atomic mass is 9.85. The highest BCUT2D eigenvalue weighted by Crippen LogP contribution is 2.53. The van der Waals surface area contributed by atoms with Gasteiger partial charge in [-0.3, -0.25) is 9.89 Å². The average Bonchev–Trinajstić information content (AvgIpc) is 3.33. The Morgan fingerprint density at radius 2 is 2.07 bits per heavy atom. The molecular weight excluding hydrogens is 370 g/mol. The standard InChI is InChI=1S/C18H16F2N6O2/c19-8-3-12-14(25-26-15(12)21-5-8)17-22-6-13(20)16(24-17)23-9-1-7-2-10(7)11(4-9)18(27)28/h3,5-7,9-11H,1-2,4H2,(H,27,28)(H,21,25,26)(H,22,23,24)/t7-,9-,10+,11-/m0/s1. The second kappa shape index (κ2) is 6.18. The summed E-state index contributed by atoms with van der Waals surface area (Å²) in [5.41, 5.74) is 0.634. The van der Waals surface area contributed by atoms with Crippen molar-refractivity contribution in [3.63, 3.8) is 0 Å². The first kappa shape index (κ1) is 17.0. The van der Waals surface area contributed by atoms with Gasteiger partial charge in [-0.05, 0) is 37.2 Å². The SMILES string of the molecule is O=C(O)[C@H]1C[C@@H](Nc2nc(-c3[nH]nc4ncc(F)cc34)ncc2F)C[C@H]2C[C@H]21. The molecule has 28 heavy (non-hydrogen) atoms. The molecule has 10 heteroatoms. The van der Waals surface area contributed by atoms with Crippen molar-refractivity contribution in [2.75, 3.05) is 5.32 Å². The maximum Gasteiger partial charge on any atom is 0.306 e. The second-order valence-corrected chi connectivity index (χ2v) is 7.43. The molecule has 2 aliphatic rings. The number of hydrogen-bond donors (Lipinski definition) is 3. The highest BCUT2D eigenvalue weighted by Gasteiger charge is 2.51. The minimum Gasteiger partial charge on any atom is -0.481 e. The van der Waals surface area contributed by atoms with Crippen molar-refractivity contribution in [2.24, 2.45) is 17.8 Å². The van der Waals surface area contributed by atoms with E-state index in [1.807, 2.05) is 0 Å². The predicted molar refractivity (Wildman–Crippen MR) is 94.2 cm³/mol. The lowest BCUT2D eigenvalue weighted by molar-refractivity contribution is -0.143. The summed E-state index contributed by atoms with van der Waals surface area (Å²) in [7, 11) is 0. The lowest BCUT2D eigenvalue weighted by Crippen LogP contribution is -2.33. The van der Waals surface area contributed by atoms with E-state index in [1.165, 1.54) is 6.07 Å². The number of nitrogens with zero attached hydrogens (tertiary/aromatic N) is 4. The molecule has 5 rings (SSSR count). The molecule has 3 heterocycles. The molecule has 3 aromatic rings. The molecule has 4 atom stereocenters. The van der Waals surface area contributed by atoms with Crippen LogP contribution in [0.15, 0.2) is 18.5 Å². The number of aromatic amines is 1. The Labute approximate surface area is 157 Å². The van der Waals surface area contributed by atoms with Gasteiger partial charge in [-0.1, -0.05) is 0 Å². The van der Waals surface area contributed by atoms with Gasteiger partial charge in [0.25, 0.3) is 0 Å². The molecule has 0 bridgehead atoms. The Bertz CT molecular complexity index is 1090. The topological polar surface area (TPSA) is 117 Å². The van der Waals surface area contributed by atoms with Crippen molar-refractivity contribution in [1.29, 1.82) is 0 Å². The van der Waals surface area contributed by atoms with Gasteiger partial charge in [0.15, 0.2) is 23.1 Å². The van der Waals surface area contributed by atoms with Gasteiger partial charge in [0.1, 0.15) is 11.5 Å². The van der Waals surface area contributed by atoms with Crippen LogP contribution >= 0.6 is 0 Å². The summed E-state index contributed by atoms with van der Waals surface area (Å²) >= 11 is 0. The predicted octanol–water partition coefficient (Wildman–Crippen LogP) is 2.60. The second-order valence-electron chi connectivity index (χ2n) is 7.43. The molecule has 0 aromatic carbocycles. The quantitative estimate of drug-likeness (QED) is 0.631. The highest BCUT2D eigenvalue weighted by molar-refractivity contribution is 5.88. The Hall–Kier alpha value is -3.17. The molecule has 2 aliphatic carbocycles. The number of hydrogen-bond acceptors (Lipinski definition) is 6. The van der Waals surface area contributed by atoms with Crippen LogP contribution in [0.5, 0.6) is 0 Å². The third kappa shape index (κ3) is 2.85. The van der Waals surface area contributed by atoms with Gasteiger partial charge in [0.2, 0.25) is 0 Å². The zero-order valence-electron chi connectivity index (χ0n) is 14.6. The van der Waals surface area contributed by atoms with E-state index in [0.717, 1.165) is 25.2 Å². The number of rotatable bonds is 4. The molecule has 3 aromatic heterocycles. The van der Waals surface area contributed by atoms with E-state index in [2.05, 4.69) is 30.5 Å². The number of halogens is 2. The first-order valence-electron chi connectivity index (χ1n) is 9.01. The Morgan fingerprint density at radius 1 is 1.21 bits per heavy atom. The van der Waals surface area contributed by atoms with Crippen molar-refractivity contribution in [3.8, 4) is 11.5 Å². The van der Waals surface area contributed by atoms with Crippen LogP contribution in [-0.2, 0) is 4.79 Å². The van der Waals surface area contributed by atoms with Crippen molar-refractivity contribution >= 4 is 22.8 Å². The van der Waals surface area contributed by atoms with E-state index in [0.29, 0.717) is 29.1 Å². The Kier molecular flexibility index (Phi) is 3.74. The van der Waals surface area contributed by atoms with Gasteiger partial charge in [-0.15, -0.1) is 0 Å². The normalized spacial score (nSPS) is 26.1. The summed E-state index contributed by atoms with van der Waals surface area (Å²) in [4.78, 5) is 23.5. The summed E-state index contributed by atoms with van der Waals surface area (Å²) in [6.45, 7) is 0. The molecule has 2 saturated carbocycles. The molecule has 0 amide bonds. The minimum atomic E-state index is -0.804. The Morgan fingerprint density at radius 3 is 2.89 bits per heavy atom. The number of pyridine rings is 1. The van der Waals surface area contributed by atoms with E-state index < -0.39 is 23.5 Å². The molecular formula is C18H16F2N6O2. The van der Waals surface area contributed by atoms with Gasteiger partial charge < -0.3 is 10.4 Å². The number of aliphatic carboxylic acids is 1. The number of nitrogens with one attached hydrogen (secondary N) is 2. The number of carbonyl (C=O) groups is 1. The molecule has 0 unspecified atom stereocenters. The zero-order chi connectivity index (χ0) is 19.4. The number of fused-ring (bicyclic) bond motifs is 2. The van der Waals surface area contributed by atoms with Gasteiger partial charge in [0.05, 0.1) is 23.7 Å². The number of carboxylic acid groups (broad SMARTS) is 1. The van der Waals surface area contributed by atoms with E-state index in [1.54, 1.807) is 0 Å². The lowest BCUT2D eigenvalue weighted by Gasteiger charge is -2.27. The van der Waals surface area contributed by atoms with E-state index >= 15 is 0 Å². The molecule has 2 fully saturated rings. The van der Waals surface area contributed by atoms with Crippen LogP contribution in [0.1, 0.15) is 19.3 Å². The maximum atomic E-state index is 14.3. The number of aromatic nitrogens is 5. The summed E-state index contributed by atoms with van der Waals surface area (Å²) in [5.74, 6) is -1.65. The number of anilines is 1. The largest absolute Gasteiger partial charge is 0.481 e. The van der Waals surface area contributed by atoms with E-state index in [9.17, 15) is 18.7 Å². The van der Waals surface area contributed by atoms with Crippen molar-refractivity contribution in [1.82, 2.24) is 25.1 Å². The molecule has 8 nitrogen and oxygen atoms in total. The van der Waals surface area contributed by atoms with Crippen LogP contribution in [0.4, 0.5) is 14.6 Å². The molecule has 0 radical (unpaired) electrons. The minimum absolute atomic E-state index is 0.00893. The van der Waals surface area contributed by atoms with Crippen molar-refractivity contribution in [3.05, 3.63) is 30.1 Å². The molecule has 0 aliphatic heterocycles. The number of carboxylic acids is 1. The Balaban J connectivity index is 1.45. The fourth-order valence-electron chi connectivity index (χ4n) is 4.21.